The van der Waals surface area contributed by atoms with Gasteiger partial charge in [0.05, 0.1) is 6.04 Å². The van der Waals surface area contributed by atoms with Crippen LogP contribution in [0.5, 0.6) is 0 Å². The fraction of sp³-hybridized carbons (Fsp3) is 0.286. The minimum atomic E-state index is 0.0763. The summed E-state index contributed by atoms with van der Waals surface area (Å²) in [6, 6.07) is 16.3. The van der Waals surface area contributed by atoms with Crippen molar-refractivity contribution in [3.63, 3.8) is 0 Å². The number of nitrogens with two attached hydrogens (primary N) is 1. The first-order valence-corrected chi connectivity index (χ1v) is 9.07. The molecule has 0 saturated heterocycles. The summed E-state index contributed by atoms with van der Waals surface area (Å²) in [5, 5.41) is 0. The Bertz CT molecular complexity index is 880. The molecule has 0 spiro atoms. The minimum Gasteiger partial charge on any atom is -0.351 e. The zero-order chi connectivity index (χ0) is 17.9. The van der Waals surface area contributed by atoms with Gasteiger partial charge in [-0.1, -0.05) is 36.4 Å². The molecule has 132 valence electrons. The maximum absolute atomic E-state index is 6.14. The number of anilines is 1. The van der Waals surface area contributed by atoms with Crippen LogP contribution in [0.2, 0.25) is 0 Å². The van der Waals surface area contributed by atoms with Gasteiger partial charge >= 0.3 is 0 Å². The number of hydrogen-bond acceptors (Lipinski definition) is 5. The molecule has 26 heavy (non-hydrogen) atoms. The molecule has 1 unspecified atom stereocenters. The first kappa shape index (κ1) is 16.7. The van der Waals surface area contributed by atoms with Crippen LogP contribution in [0, 0.1) is 0 Å². The second-order valence-electron chi connectivity index (χ2n) is 6.64. The SMILES string of the molecule is CN(c1nc(-c2ccccn2)nc2c1CCC2)C(CN)c1ccccc1. The second-order valence-corrected chi connectivity index (χ2v) is 6.64. The number of pyridine rings is 1. The molecule has 0 fully saturated rings. The molecule has 1 atom stereocenters. The summed E-state index contributed by atoms with van der Waals surface area (Å²) in [5.41, 5.74) is 10.5. The lowest BCUT2D eigenvalue weighted by molar-refractivity contribution is 0.669. The van der Waals surface area contributed by atoms with Crippen LogP contribution in [-0.4, -0.2) is 28.5 Å². The van der Waals surface area contributed by atoms with E-state index in [1.54, 1.807) is 6.20 Å². The molecule has 2 aromatic heterocycles. The van der Waals surface area contributed by atoms with Gasteiger partial charge in [-0.25, -0.2) is 9.97 Å². The third-order valence-electron chi connectivity index (χ3n) is 5.01. The lowest BCUT2D eigenvalue weighted by Gasteiger charge is -2.30. The quantitative estimate of drug-likeness (QED) is 0.769. The summed E-state index contributed by atoms with van der Waals surface area (Å²) >= 11 is 0. The predicted octanol–water partition coefficient (Wildman–Crippen LogP) is 3.16. The molecule has 0 aliphatic heterocycles. The Hall–Kier alpha value is -2.79. The van der Waals surface area contributed by atoms with E-state index < -0.39 is 0 Å². The number of benzene rings is 1. The Labute approximate surface area is 153 Å². The third-order valence-corrected chi connectivity index (χ3v) is 5.01. The highest BCUT2D eigenvalue weighted by Gasteiger charge is 2.26. The van der Waals surface area contributed by atoms with E-state index in [0.717, 1.165) is 36.5 Å². The number of hydrogen-bond donors (Lipinski definition) is 1. The molecule has 5 heteroatoms. The molecule has 0 radical (unpaired) electrons. The first-order valence-electron chi connectivity index (χ1n) is 9.07. The maximum atomic E-state index is 6.14. The van der Waals surface area contributed by atoms with Gasteiger partial charge in [0.15, 0.2) is 5.82 Å². The molecule has 3 aromatic rings. The summed E-state index contributed by atoms with van der Waals surface area (Å²) in [6.07, 6.45) is 4.91. The Morgan fingerprint density at radius 1 is 1.04 bits per heavy atom. The van der Waals surface area contributed by atoms with Crippen molar-refractivity contribution < 1.29 is 0 Å². The highest BCUT2D eigenvalue weighted by molar-refractivity contribution is 5.59. The number of likely N-dealkylation sites (N-methyl/N-ethyl adjacent to an activating group) is 1. The average molecular weight is 345 g/mol. The fourth-order valence-electron chi connectivity index (χ4n) is 3.65. The molecule has 4 rings (SSSR count). The molecule has 2 heterocycles. The monoisotopic (exact) mass is 345 g/mol. The van der Waals surface area contributed by atoms with Gasteiger partial charge < -0.3 is 10.6 Å². The van der Waals surface area contributed by atoms with Gasteiger partial charge in [0.25, 0.3) is 0 Å². The summed E-state index contributed by atoms with van der Waals surface area (Å²) in [7, 11) is 2.08. The van der Waals surface area contributed by atoms with E-state index in [4.69, 9.17) is 15.7 Å². The van der Waals surface area contributed by atoms with Crippen LogP contribution in [0.1, 0.15) is 29.3 Å². The van der Waals surface area contributed by atoms with Crippen molar-refractivity contribution in [2.45, 2.75) is 25.3 Å². The molecule has 0 bridgehead atoms. The molecule has 2 N–H and O–H groups in total. The van der Waals surface area contributed by atoms with Gasteiger partial charge in [-0.05, 0) is 37.0 Å². The molecule has 1 aromatic carbocycles. The lowest BCUT2D eigenvalue weighted by atomic mass is 10.0. The number of aryl methyl sites for hydroxylation is 1. The molecule has 1 aliphatic rings. The third kappa shape index (κ3) is 3.06. The second kappa shape index (κ2) is 7.22. The number of rotatable bonds is 5. The fourth-order valence-corrected chi connectivity index (χ4v) is 3.65. The van der Waals surface area contributed by atoms with Gasteiger partial charge in [-0.15, -0.1) is 0 Å². The normalized spacial score (nSPS) is 14.1. The van der Waals surface area contributed by atoms with Gasteiger partial charge in [-0.3, -0.25) is 4.98 Å². The number of nitrogens with zero attached hydrogens (tertiary/aromatic N) is 4. The summed E-state index contributed by atoms with van der Waals surface area (Å²) in [5.74, 6) is 1.67. The van der Waals surface area contributed by atoms with Crippen LogP contribution in [0.3, 0.4) is 0 Å². The van der Waals surface area contributed by atoms with Crippen LogP contribution >= 0.6 is 0 Å². The van der Waals surface area contributed by atoms with Crippen molar-refractivity contribution in [3.8, 4) is 11.5 Å². The number of aromatic nitrogens is 3. The van der Waals surface area contributed by atoms with Crippen molar-refractivity contribution in [1.82, 2.24) is 15.0 Å². The highest BCUT2D eigenvalue weighted by Crippen LogP contribution is 2.33. The van der Waals surface area contributed by atoms with E-state index in [2.05, 4.69) is 41.2 Å². The molecule has 5 nitrogen and oxygen atoms in total. The standard InChI is InChI=1S/C21H23N5/c1-26(19(14-22)15-8-3-2-4-9-15)21-16-10-7-12-17(16)24-20(25-21)18-11-5-6-13-23-18/h2-6,8-9,11,13,19H,7,10,12,14,22H2,1H3. The van der Waals surface area contributed by atoms with E-state index in [1.165, 1.54) is 11.1 Å². The molecular weight excluding hydrogens is 322 g/mol. The van der Waals surface area contributed by atoms with E-state index in [0.29, 0.717) is 12.4 Å². The molecular formula is C21H23N5. The van der Waals surface area contributed by atoms with Crippen LogP contribution in [0.25, 0.3) is 11.5 Å². The Kier molecular flexibility index (Phi) is 4.63. The average Bonchev–Trinajstić information content (AvgIpc) is 3.18. The first-order chi connectivity index (χ1) is 12.8. The van der Waals surface area contributed by atoms with Gasteiger partial charge in [0.2, 0.25) is 0 Å². The van der Waals surface area contributed by atoms with Crippen LogP contribution < -0.4 is 10.6 Å². The van der Waals surface area contributed by atoms with Crippen molar-refractivity contribution in [3.05, 3.63) is 71.5 Å². The molecule has 1 aliphatic carbocycles. The Balaban J connectivity index is 1.79. The summed E-state index contributed by atoms with van der Waals surface area (Å²) < 4.78 is 0. The predicted molar refractivity (Wildman–Crippen MR) is 104 cm³/mol. The van der Waals surface area contributed by atoms with Crippen molar-refractivity contribution in [2.24, 2.45) is 5.73 Å². The topological polar surface area (TPSA) is 67.9 Å². The Morgan fingerprint density at radius 2 is 1.85 bits per heavy atom. The van der Waals surface area contributed by atoms with Crippen molar-refractivity contribution in [2.75, 3.05) is 18.5 Å². The maximum Gasteiger partial charge on any atom is 0.180 e. The van der Waals surface area contributed by atoms with Gasteiger partial charge in [0.1, 0.15) is 11.5 Å². The van der Waals surface area contributed by atoms with E-state index >= 15 is 0 Å². The van der Waals surface area contributed by atoms with E-state index in [-0.39, 0.29) is 6.04 Å². The smallest absolute Gasteiger partial charge is 0.180 e. The number of fused-ring (bicyclic) bond motifs is 1. The lowest BCUT2D eigenvalue weighted by Crippen LogP contribution is -2.32. The van der Waals surface area contributed by atoms with Crippen LogP contribution in [-0.2, 0) is 12.8 Å². The van der Waals surface area contributed by atoms with E-state index in [9.17, 15) is 0 Å². The van der Waals surface area contributed by atoms with Crippen LogP contribution in [0.15, 0.2) is 54.7 Å². The van der Waals surface area contributed by atoms with Gasteiger partial charge in [0, 0.05) is 31.0 Å². The summed E-state index contributed by atoms with van der Waals surface area (Å²) in [6.45, 7) is 0.526. The van der Waals surface area contributed by atoms with E-state index in [1.807, 2.05) is 24.3 Å². The largest absolute Gasteiger partial charge is 0.351 e. The van der Waals surface area contributed by atoms with Crippen LogP contribution in [0.4, 0.5) is 5.82 Å². The molecule has 0 saturated carbocycles. The Morgan fingerprint density at radius 3 is 2.58 bits per heavy atom. The molecule has 0 amide bonds. The van der Waals surface area contributed by atoms with Gasteiger partial charge in [-0.2, -0.15) is 0 Å². The van der Waals surface area contributed by atoms with Crippen molar-refractivity contribution in [1.29, 1.82) is 0 Å². The summed E-state index contributed by atoms with van der Waals surface area (Å²) in [4.78, 5) is 16.3. The zero-order valence-electron chi connectivity index (χ0n) is 15.0. The minimum absolute atomic E-state index is 0.0763. The highest BCUT2D eigenvalue weighted by atomic mass is 15.2. The zero-order valence-corrected chi connectivity index (χ0v) is 15.0. The van der Waals surface area contributed by atoms with Crippen molar-refractivity contribution >= 4 is 5.82 Å².